The first-order valence-electron chi connectivity index (χ1n) is 6.49. The minimum absolute atomic E-state index is 0.0506. The minimum atomic E-state index is -0.344. The molecule has 5 heteroatoms. The number of hydrogen-bond donors (Lipinski definition) is 1. The third-order valence-electron chi connectivity index (χ3n) is 2.84. The number of hydrogen-bond acceptors (Lipinski definition) is 4. The molecule has 1 aliphatic carbocycles. The molecule has 0 atom stereocenters. The summed E-state index contributed by atoms with van der Waals surface area (Å²) < 4.78 is 11.3. The molecule has 0 amide bonds. The summed E-state index contributed by atoms with van der Waals surface area (Å²) in [7, 11) is 0. The average molecular weight is 328 g/mol. The second-order valence-electron chi connectivity index (χ2n) is 4.50. The zero-order chi connectivity index (χ0) is 13.7. The zero-order valence-electron chi connectivity index (χ0n) is 10.9. The molecule has 1 saturated carbocycles. The summed E-state index contributed by atoms with van der Waals surface area (Å²) >= 11 is 3.52. The van der Waals surface area contributed by atoms with Crippen LogP contribution >= 0.6 is 15.9 Å². The summed E-state index contributed by atoms with van der Waals surface area (Å²) in [6, 6.07) is 6.38. The number of rotatable bonds is 7. The van der Waals surface area contributed by atoms with Crippen molar-refractivity contribution in [1.29, 1.82) is 0 Å². The van der Waals surface area contributed by atoms with Crippen LogP contribution in [0.5, 0.6) is 5.75 Å². The van der Waals surface area contributed by atoms with Gasteiger partial charge in [0.1, 0.15) is 5.75 Å². The standard InChI is InChI=1S/C14H18BrNO3/c1-2-18-14(17)9-19-12-5-6-13(15)10(7-12)8-16-11-3-4-11/h5-7,11,16H,2-4,8-9H2,1H3. The van der Waals surface area contributed by atoms with E-state index < -0.39 is 0 Å². The van der Waals surface area contributed by atoms with Crippen LogP contribution in [0, 0.1) is 0 Å². The van der Waals surface area contributed by atoms with Crippen LogP contribution in [0.2, 0.25) is 0 Å². The summed E-state index contributed by atoms with van der Waals surface area (Å²) in [6.45, 7) is 2.91. The molecule has 1 aliphatic rings. The molecule has 0 saturated heterocycles. The third-order valence-corrected chi connectivity index (χ3v) is 3.61. The van der Waals surface area contributed by atoms with Crippen LogP contribution in [0.3, 0.4) is 0 Å². The molecule has 1 N–H and O–H groups in total. The van der Waals surface area contributed by atoms with E-state index in [4.69, 9.17) is 9.47 Å². The SMILES string of the molecule is CCOC(=O)COc1ccc(Br)c(CNC2CC2)c1. The molecule has 0 radical (unpaired) electrons. The van der Waals surface area contributed by atoms with Crippen molar-refractivity contribution >= 4 is 21.9 Å². The van der Waals surface area contributed by atoms with Crippen LogP contribution in [0.25, 0.3) is 0 Å². The van der Waals surface area contributed by atoms with Gasteiger partial charge in [-0.25, -0.2) is 4.79 Å². The van der Waals surface area contributed by atoms with Gasteiger partial charge in [-0.3, -0.25) is 0 Å². The van der Waals surface area contributed by atoms with Crippen LogP contribution in [0.1, 0.15) is 25.3 Å². The van der Waals surface area contributed by atoms with Crippen LogP contribution in [-0.4, -0.2) is 25.2 Å². The highest BCUT2D eigenvalue weighted by atomic mass is 79.9. The molecule has 1 aromatic rings. The lowest BCUT2D eigenvalue weighted by Gasteiger charge is -2.10. The molecule has 0 aromatic heterocycles. The molecular weight excluding hydrogens is 310 g/mol. The molecular formula is C14H18BrNO3. The van der Waals surface area contributed by atoms with Crippen molar-refractivity contribution in [3.8, 4) is 5.75 Å². The number of carbonyl (C=O) groups excluding carboxylic acids is 1. The van der Waals surface area contributed by atoms with Gasteiger partial charge in [-0.05, 0) is 43.5 Å². The summed E-state index contributed by atoms with van der Waals surface area (Å²) in [5.74, 6) is 0.340. The fraction of sp³-hybridized carbons (Fsp3) is 0.500. The Morgan fingerprint density at radius 3 is 2.95 bits per heavy atom. The maximum atomic E-state index is 11.2. The van der Waals surface area contributed by atoms with Gasteiger partial charge in [-0.15, -0.1) is 0 Å². The third kappa shape index (κ3) is 4.84. The van der Waals surface area contributed by atoms with Crippen LogP contribution < -0.4 is 10.1 Å². The number of nitrogens with one attached hydrogen (secondary N) is 1. The lowest BCUT2D eigenvalue weighted by atomic mass is 10.2. The Morgan fingerprint density at radius 1 is 1.47 bits per heavy atom. The molecule has 2 rings (SSSR count). The minimum Gasteiger partial charge on any atom is -0.482 e. The van der Waals surface area contributed by atoms with Crippen molar-refractivity contribution in [2.45, 2.75) is 32.4 Å². The Kier molecular flexibility index (Phi) is 5.22. The second kappa shape index (κ2) is 6.91. The Labute approximate surface area is 121 Å². The largest absolute Gasteiger partial charge is 0.482 e. The van der Waals surface area contributed by atoms with Crippen molar-refractivity contribution in [1.82, 2.24) is 5.32 Å². The summed E-state index contributed by atoms with van der Waals surface area (Å²) in [6.07, 6.45) is 2.52. The number of ether oxygens (including phenoxy) is 2. The van der Waals surface area contributed by atoms with E-state index in [2.05, 4.69) is 21.2 Å². The quantitative estimate of drug-likeness (QED) is 0.782. The van der Waals surface area contributed by atoms with E-state index in [9.17, 15) is 4.79 Å². The maximum absolute atomic E-state index is 11.2. The molecule has 0 spiro atoms. The van der Waals surface area contributed by atoms with Gasteiger partial charge in [0.2, 0.25) is 0 Å². The summed E-state index contributed by atoms with van der Waals surface area (Å²) in [4.78, 5) is 11.2. The fourth-order valence-corrected chi connectivity index (χ4v) is 2.05. The Hall–Kier alpha value is -1.07. The fourth-order valence-electron chi connectivity index (χ4n) is 1.66. The van der Waals surface area contributed by atoms with E-state index in [-0.39, 0.29) is 12.6 Å². The Bertz CT molecular complexity index is 446. The van der Waals surface area contributed by atoms with E-state index >= 15 is 0 Å². The van der Waals surface area contributed by atoms with E-state index in [1.165, 1.54) is 12.8 Å². The van der Waals surface area contributed by atoms with Gasteiger partial charge in [0, 0.05) is 17.1 Å². The maximum Gasteiger partial charge on any atom is 0.344 e. The normalized spacial score (nSPS) is 14.2. The van der Waals surface area contributed by atoms with Gasteiger partial charge in [-0.1, -0.05) is 15.9 Å². The lowest BCUT2D eigenvalue weighted by Crippen LogP contribution is -2.16. The van der Waals surface area contributed by atoms with E-state index in [1.807, 2.05) is 18.2 Å². The van der Waals surface area contributed by atoms with Gasteiger partial charge in [-0.2, -0.15) is 0 Å². The smallest absolute Gasteiger partial charge is 0.344 e. The van der Waals surface area contributed by atoms with Gasteiger partial charge < -0.3 is 14.8 Å². The van der Waals surface area contributed by atoms with Crippen LogP contribution in [0.4, 0.5) is 0 Å². The molecule has 19 heavy (non-hydrogen) atoms. The number of halogens is 1. The Balaban J connectivity index is 1.89. The number of benzene rings is 1. The van der Waals surface area contributed by atoms with Crippen LogP contribution in [-0.2, 0) is 16.1 Å². The van der Waals surface area contributed by atoms with Crippen molar-refractivity contribution in [2.75, 3.05) is 13.2 Å². The van der Waals surface area contributed by atoms with E-state index in [0.717, 1.165) is 16.6 Å². The second-order valence-corrected chi connectivity index (χ2v) is 5.36. The van der Waals surface area contributed by atoms with E-state index in [1.54, 1.807) is 6.92 Å². The highest BCUT2D eigenvalue weighted by molar-refractivity contribution is 9.10. The van der Waals surface area contributed by atoms with Crippen LogP contribution in [0.15, 0.2) is 22.7 Å². The zero-order valence-corrected chi connectivity index (χ0v) is 12.5. The van der Waals surface area contributed by atoms with E-state index in [0.29, 0.717) is 18.4 Å². The highest BCUT2D eigenvalue weighted by Crippen LogP contribution is 2.25. The first-order valence-corrected chi connectivity index (χ1v) is 7.28. The molecule has 4 nitrogen and oxygen atoms in total. The summed E-state index contributed by atoms with van der Waals surface area (Å²) in [5.41, 5.74) is 1.13. The topological polar surface area (TPSA) is 47.6 Å². The first-order chi connectivity index (χ1) is 9.19. The van der Waals surface area contributed by atoms with Gasteiger partial charge >= 0.3 is 5.97 Å². The van der Waals surface area contributed by atoms with Crippen molar-refractivity contribution in [3.63, 3.8) is 0 Å². The van der Waals surface area contributed by atoms with Crippen molar-refractivity contribution in [2.24, 2.45) is 0 Å². The molecule has 1 aromatic carbocycles. The predicted octanol–water partition coefficient (Wildman–Crippen LogP) is 2.64. The molecule has 0 unspecified atom stereocenters. The number of carbonyl (C=O) groups is 1. The predicted molar refractivity (Wildman–Crippen MR) is 76.1 cm³/mol. The van der Waals surface area contributed by atoms with Gasteiger partial charge in [0.25, 0.3) is 0 Å². The first kappa shape index (κ1) is 14.3. The summed E-state index contributed by atoms with van der Waals surface area (Å²) in [5, 5.41) is 3.45. The van der Waals surface area contributed by atoms with Crippen molar-refractivity contribution < 1.29 is 14.3 Å². The number of esters is 1. The molecule has 0 heterocycles. The lowest BCUT2D eigenvalue weighted by molar-refractivity contribution is -0.145. The van der Waals surface area contributed by atoms with Gasteiger partial charge in [0.15, 0.2) is 6.61 Å². The molecule has 0 aliphatic heterocycles. The Morgan fingerprint density at radius 2 is 2.26 bits per heavy atom. The molecule has 104 valence electrons. The molecule has 1 fully saturated rings. The highest BCUT2D eigenvalue weighted by Gasteiger charge is 2.20. The monoisotopic (exact) mass is 327 g/mol. The van der Waals surface area contributed by atoms with Gasteiger partial charge in [0.05, 0.1) is 6.61 Å². The average Bonchev–Trinajstić information content (AvgIpc) is 3.21. The molecule has 0 bridgehead atoms. The van der Waals surface area contributed by atoms with Crippen molar-refractivity contribution in [3.05, 3.63) is 28.2 Å².